The number of benzene rings is 1. The van der Waals surface area contributed by atoms with Gasteiger partial charge in [-0.1, -0.05) is 19.9 Å². The molecule has 0 radical (unpaired) electrons. The lowest BCUT2D eigenvalue weighted by atomic mass is 10.1. The van der Waals surface area contributed by atoms with Crippen molar-refractivity contribution in [2.24, 2.45) is 5.41 Å². The number of carbonyl (C=O) groups is 1. The molecular weight excluding hydrogens is 216 g/mol. The highest BCUT2D eigenvalue weighted by atomic mass is 16.5. The molecule has 0 aliphatic heterocycles. The van der Waals surface area contributed by atoms with Crippen LogP contribution in [-0.4, -0.2) is 19.1 Å². The number of rotatable bonds is 3. The van der Waals surface area contributed by atoms with Gasteiger partial charge in [0, 0.05) is 6.04 Å². The highest BCUT2D eigenvalue weighted by molar-refractivity contribution is 5.98. The summed E-state index contributed by atoms with van der Waals surface area (Å²) in [4.78, 5) is 11.6. The lowest BCUT2D eigenvalue weighted by Gasteiger charge is -2.14. The molecule has 1 aromatic rings. The normalized spacial score (nSPS) is 20.8. The molecule has 1 unspecified atom stereocenters. The molecule has 1 atom stereocenters. The number of nitrogen functional groups attached to an aromatic ring is 1. The summed E-state index contributed by atoms with van der Waals surface area (Å²) in [6.45, 7) is 4.36. The minimum absolute atomic E-state index is 0.273. The Hall–Kier alpha value is -1.71. The standard InChI is InChI=1S/C13H18N2O2/c1-13(2)7-10(13)15-11-8(12(16)17-3)5-4-6-9(11)14/h4-6,10,15H,7,14H2,1-3H3. The number of hydrogen-bond acceptors (Lipinski definition) is 4. The SMILES string of the molecule is COC(=O)c1cccc(N)c1NC1CC1(C)C. The monoisotopic (exact) mass is 234 g/mol. The molecule has 1 aromatic carbocycles. The maximum Gasteiger partial charge on any atom is 0.340 e. The third-order valence-corrected chi connectivity index (χ3v) is 3.33. The lowest BCUT2D eigenvalue weighted by Crippen LogP contribution is -2.14. The van der Waals surface area contributed by atoms with Crippen LogP contribution in [0.3, 0.4) is 0 Å². The predicted molar refractivity (Wildman–Crippen MR) is 68.0 cm³/mol. The fourth-order valence-electron chi connectivity index (χ4n) is 1.90. The molecule has 3 N–H and O–H groups in total. The number of ether oxygens (including phenoxy) is 1. The third-order valence-electron chi connectivity index (χ3n) is 3.33. The first-order chi connectivity index (χ1) is 7.95. The number of nitrogens with two attached hydrogens (primary N) is 1. The first kappa shape index (κ1) is 11.8. The fraction of sp³-hybridized carbons (Fsp3) is 0.462. The van der Waals surface area contributed by atoms with Gasteiger partial charge < -0.3 is 15.8 Å². The van der Waals surface area contributed by atoms with Gasteiger partial charge in [-0.15, -0.1) is 0 Å². The zero-order valence-electron chi connectivity index (χ0n) is 10.4. The first-order valence-electron chi connectivity index (χ1n) is 5.69. The van der Waals surface area contributed by atoms with Gasteiger partial charge in [0.05, 0.1) is 24.0 Å². The van der Waals surface area contributed by atoms with E-state index in [1.54, 1.807) is 18.2 Å². The summed E-state index contributed by atoms with van der Waals surface area (Å²) in [5.41, 5.74) is 7.95. The Morgan fingerprint density at radius 1 is 1.53 bits per heavy atom. The van der Waals surface area contributed by atoms with Crippen LogP contribution in [0.1, 0.15) is 30.6 Å². The molecule has 1 aliphatic rings. The Labute approximate surface area is 101 Å². The molecule has 0 aromatic heterocycles. The minimum atomic E-state index is -0.363. The van der Waals surface area contributed by atoms with Crippen LogP contribution in [0, 0.1) is 5.41 Å². The lowest BCUT2D eigenvalue weighted by molar-refractivity contribution is 0.0602. The van der Waals surface area contributed by atoms with Gasteiger partial charge >= 0.3 is 5.97 Å². The van der Waals surface area contributed by atoms with Gasteiger partial charge in [0.25, 0.3) is 0 Å². The molecule has 17 heavy (non-hydrogen) atoms. The fourth-order valence-corrected chi connectivity index (χ4v) is 1.90. The number of hydrogen-bond donors (Lipinski definition) is 2. The van der Waals surface area contributed by atoms with Crippen molar-refractivity contribution in [3.05, 3.63) is 23.8 Å². The van der Waals surface area contributed by atoms with E-state index in [2.05, 4.69) is 19.2 Å². The number of para-hydroxylation sites is 1. The van der Waals surface area contributed by atoms with Crippen LogP contribution in [0.25, 0.3) is 0 Å². The summed E-state index contributed by atoms with van der Waals surface area (Å²) < 4.78 is 4.75. The summed E-state index contributed by atoms with van der Waals surface area (Å²) in [6, 6.07) is 5.63. The Bertz CT molecular complexity index is 455. The minimum Gasteiger partial charge on any atom is -0.465 e. The summed E-state index contributed by atoms with van der Waals surface area (Å²) >= 11 is 0. The largest absolute Gasteiger partial charge is 0.465 e. The summed E-state index contributed by atoms with van der Waals surface area (Å²) in [5, 5.41) is 3.33. The van der Waals surface area contributed by atoms with Crippen LogP contribution in [-0.2, 0) is 4.74 Å². The van der Waals surface area contributed by atoms with E-state index in [4.69, 9.17) is 10.5 Å². The van der Waals surface area contributed by atoms with Crippen molar-refractivity contribution >= 4 is 17.3 Å². The molecule has 4 nitrogen and oxygen atoms in total. The summed E-state index contributed by atoms with van der Waals surface area (Å²) in [5.74, 6) is -0.363. The highest BCUT2D eigenvalue weighted by Crippen LogP contribution is 2.47. The maximum absolute atomic E-state index is 11.6. The quantitative estimate of drug-likeness (QED) is 0.622. The van der Waals surface area contributed by atoms with Crippen molar-refractivity contribution in [2.45, 2.75) is 26.3 Å². The van der Waals surface area contributed by atoms with Gasteiger partial charge in [-0.2, -0.15) is 0 Å². The van der Waals surface area contributed by atoms with Gasteiger partial charge in [-0.3, -0.25) is 0 Å². The molecule has 4 heteroatoms. The molecule has 92 valence electrons. The first-order valence-corrected chi connectivity index (χ1v) is 5.69. The second-order valence-corrected chi connectivity index (χ2v) is 5.15. The Kier molecular flexibility index (Phi) is 2.73. The van der Waals surface area contributed by atoms with Crippen LogP contribution in [0.5, 0.6) is 0 Å². The van der Waals surface area contributed by atoms with Gasteiger partial charge in [0.15, 0.2) is 0 Å². The molecule has 0 bridgehead atoms. The second-order valence-electron chi connectivity index (χ2n) is 5.15. The van der Waals surface area contributed by atoms with Crippen LogP contribution in [0.15, 0.2) is 18.2 Å². The van der Waals surface area contributed by atoms with E-state index in [1.165, 1.54) is 7.11 Å². The average molecular weight is 234 g/mol. The van der Waals surface area contributed by atoms with E-state index in [0.717, 1.165) is 6.42 Å². The van der Waals surface area contributed by atoms with Crippen LogP contribution < -0.4 is 11.1 Å². The Balaban J connectivity index is 2.28. The van der Waals surface area contributed by atoms with Crippen molar-refractivity contribution in [3.63, 3.8) is 0 Å². The van der Waals surface area contributed by atoms with Gasteiger partial charge in [0.1, 0.15) is 0 Å². The van der Waals surface area contributed by atoms with E-state index in [-0.39, 0.29) is 11.4 Å². The molecule has 2 rings (SSSR count). The van der Waals surface area contributed by atoms with Crippen molar-refractivity contribution in [2.75, 3.05) is 18.2 Å². The Morgan fingerprint density at radius 2 is 2.18 bits per heavy atom. The number of carbonyl (C=O) groups excluding carboxylic acids is 1. The van der Waals surface area contributed by atoms with E-state index in [9.17, 15) is 4.79 Å². The summed E-state index contributed by atoms with van der Waals surface area (Å²) in [7, 11) is 1.37. The molecule has 1 fully saturated rings. The third kappa shape index (κ3) is 2.20. The summed E-state index contributed by atoms with van der Waals surface area (Å²) in [6.07, 6.45) is 1.09. The maximum atomic E-state index is 11.6. The van der Waals surface area contributed by atoms with Crippen LogP contribution >= 0.6 is 0 Å². The van der Waals surface area contributed by atoms with E-state index < -0.39 is 0 Å². The Morgan fingerprint density at radius 3 is 2.71 bits per heavy atom. The zero-order valence-corrected chi connectivity index (χ0v) is 10.4. The van der Waals surface area contributed by atoms with E-state index in [1.807, 2.05) is 0 Å². The van der Waals surface area contributed by atoms with E-state index in [0.29, 0.717) is 23.0 Å². The number of esters is 1. The molecule has 1 aliphatic carbocycles. The van der Waals surface area contributed by atoms with Crippen molar-refractivity contribution in [3.8, 4) is 0 Å². The molecule has 0 heterocycles. The van der Waals surface area contributed by atoms with E-state index >= 15 is 0 Å². The second kappa shape index (κ2) is 3.95. The van der Waals surface area contributed by atoms with Gasteiger partial charge in [-0.05, 0) is 24.0 Å². The number of nitrogens with one attached hydrogen (secondary N) is 1. The topological polar surface area (TPSA) is 64.3 Å². The smallest absolute Gasteiger partial charge is 0.340 e. The molecule has 1 saturated carbocycles. The van der Waals surface area contributed by atoms with Crippen molar-refractivity contribution < 1.29 is 9.53 Å². The van der Waals surface area contributed by atoms with Crippen LogP contribution in [0.2, 0.25) is 0 Å². The van der Waals surface area contributed by atoms with Crippen LogP contribution in [0.4, 0.5) is 11.4 Å². The van der Waals surface area contributed by atoms with Gasteiger partial charge in [0.2, 0.25) is 0 Å². The predicted octanol–water partition coefficient (Wildman–Crippen LogP) is 2.27. The highest BCUT2D eigenvalue weighted by Gasteiger charge is 2.46. The molecule has 0 amide bonds. The van der Waals surface area contributed by atoms with Crippen molar-refractivity contribution in [1.82, 2.24) is 0 Å². The van der Waals surface area contributed by atoms with Crippen molar-refractivity contribution in [1.29, 1.82) is 0 Å². The number of anilines is 2. The average Bonchev–Trinajstić information content (AvgIpc) is 2.88. The zero-order chi connectivity index (χ0) is 12.6. The van der Waals surface area contributed by atoms with Gasteiger partial charge in [-0.25, -0.2) is 4.79 Å². The molecular formula is C13H18N2O2. The number of methoxy groups -OCH3 is 1. The molecule has 0 spiro atoms. The molecule has 0 saturated heterocycles.